The van der Waals surface area contributed by atoms with E-state index in [1.54, 1.807) is 23.3 Å². The van der Waals surface area contributed by atoms with Crippen molar-refractivity contribution < 1.29 is 0 Å². The van der Waals surface area contributed by atoms with Gasteiger partial charge in [0.25, 0.3) is 0 Å². The first kappa shape index (κ1) is 26.4. The Morgan fingerprint density at radius 1 is 1.14 bits per heavy atom. The maximum Gasteiger partial charge on any atom is 0.122 e. The molecule has 0 aliphatic carbocycles. The predicted molar refractivity (Wildman–Crippen MR) is 149 cm³/mol. The number of pyridine rings is 1. The second-order valence-electron chi connectivity index (χ2n) is 9.91. The molecule has 0 spiro atoms. The molecule has 2 aromatic carbocycles. The minimum absolute atomic E-state index is 0.0264. The lowest BCUT2D eigenvalue weighted by molar-refractivity contribution is 0.299. The van der Waals surface area contributed by atoms with E-state index >= 15 is 0 Å². The molecule has 0 fully saturated rings. The van der Waals surface area contributed by atoms with Gasteiger partial charge in [-0.05, 0) is 29.2 Å². The van der Waals surface area contributed by atoms with Crippen LogP contribution >= 0.6 is 23.2 Å². The first-order chi connectivity index (χ1) is 17.6. The first-order valence-corrected chi connectivity index (χ1v) is 12.3. The van der Waals surface area contributed by atoms with Crippen molar-refractivity contribution in [2.24, 2.45) is 5.41 Å². The Morgan fingerprint density at radius 3 is 2.57 bits per heavy atom. The van der Waals surface area contributed by atoms with Gasteiger partial charge in [0.2, 0.25) is 0 Å². The number of nitrogens with one attached hydrogen (secondary N) is 4. The molecule has 2 radical (unpaired) electrons. The Bertz CT molecular complexity index is 1450. The molecule has 1 aliphatic rings. The zero-order chi connectivity index (χ0) is 26.8. The van der Waals surface area contributed by atoms with Crippen LogP contribution < -0.4 is 21.6 Å². The molecule has 4 N–H and O–H groups in total. The molecule has 1 unspecified atom stereocenters. The molecule has 8 nitrogen and oxygen atoms in total. The van der Waals surface area contributed by atoms with Gasteiger partial charge in [-0.25, -0.2) is 0 Å². The molecule has 1 aromatic heterocycles. The van der Waals surface area contributed by atoms with E-state index in [0.717, 1.165) is 0 Å². The van der Waals surface area contributed by atoms with E-state index in [1.165, 1.54) is 6.20 Å². The molecular formula is C26H25BCl2N8. The lowest BCUT2D eigenvalue weighted by Crippen LogP contribution is -2.45. The third kappa shape index (κ3) is 5.55. The van der Waals surface area contributed by atoms with Crippen LogP contribution in [0, 0.1) is 28.1 Å². The second kappa shape index (κ2) is 10.4. The van der Waals surface area contributed by atoms with Gasteiger partial charge in [-0.3, -0.25) is 9.99 Å². The highest BCUT2D eigenvalue weighted by molar-refractivity contribution is 6.36. The van der Waals surface area contributed by atoms with Gasteiger partial charge in [-0.1, -0.05) is 62.2 Å². The monoisotopic (exact) mass is 530 g/mol. The number of benzene rings is 2. The van der Waals surface area contributed by atoms with E-state index in [-0.39, 0.29) is 12.0 Å². The van der Waals surface area contributed by atoms with Crippen molar-refractivity contribution in [1.29, 1.82) is 10.5 Å². The van der Waals surface area contributed by atoms with Crippen LogP contribution in [0.1, 0.15) is 31.9 Å². The lowest BCUT2D eigenvalue weighted by atomic mass is 9.69. The van der Waals surface area contributed by atoms with E-state index in [9.17, 15) is 5.26 Å². The topological polar surface area (TPSA) is 112 Å². The van der Waals surface area contributed by atoms with Crippen molar-refractivity contribution in [3.8, 4) is 12.1 Å². The number of hydrogen-bond donors (Lipinski definition) is 4. The van der Waals surface area contributed by atoms with Crippen molar-refractivity contribution in [3.63, 3.8) is 0 Å². The Morgan fingerprint density at radius 2 is 1.89 bits per heavy atom. The van der Waals surface area contributed by atoms with Gasteiger partial charge in [-0.2, -0.15) is 10.5 Å². The average molecular weight is 531 g/mol. The fourth-order valence-corrected chi connectivity index (χ4v) is 4.52. The van der Waals surface area contributed by atoms with Crippen LogP contribution in [0.15, 0.2) is 54.5 Å². The summed E-state index contributed by atoms with van der Waals surface area (Å²) in [5.74, 6) is 0. The van der Waals surface area contributed by atoms with Crippen molar-refractivity contribution >= 4 is 53.3 Å². The van der Waals surface area contributed by atoms with Gasteiger partial charge in [0.15, 0.2) is 0 Å². The van der Waals surface area contributed by atoms with Crippen molar-refractivity contribution in [2.45, 2.75) is 26.2 Å². The molecule has 2 heterocycles. The van der Waals surface area contributed by atoms with Crippen molar-refractivity contribution in [3.05, 3.63) is 75.7 Å². The van der Waals surface area contributed by atoms with Crippen LogP contribution in [0.25, 0.3) is 10.9 Å². The molecule has 0 amide bonds. The minimum atomic E-state index is -1.34. The van der Waals surface area contributed by atoms with Crippen LogP contribution in [0.2, 0.25) is 10.0 Å². The number of halogens is 2. The van der Waals surface area contributed by atoms with Gasteiger partial charge in [-0.15, -0.1) is 5.53 Å². The smallest absolute Gasteiger partial charge is 0.122 e. The highest BCUT2D eigenvalue weighted by Crippen LogP contribution is 2.39. The molecule has 0 saturated heterocycles. The summed E-state index contributed by atoms with van der Waals surface area (Å²) in [6.07, 6.45) is 3.22. The first-order valence-electron chi connectivity index (χ1n) is 11.5. The van der Waals surface area contributed by atoms with Gasteiger partial charge in [0.1, 0.15) is 20.5 Å². The average Bonchev–Trinajstić information content (AvgIpc) is 3.32. The number of hydrogen-bond acceptors (Lipinski definition) is 8. The standard InChI is InChI=1S/C26H25BCl2N8/c1-25(2,3)15-33-23-16(12-31)13-32-24-18(23)10-17(11-21(24)29)34-26(27,19-6-4-5-7-20(19)28)22-14-37(9-8-30)36-35-22/h4-7,10-11,13-14,34-36H,9,15H2,1-3H3,(H,32,33). The van der Waals surface area contributed by atoms with Crippen LogP contribution in [0.3, 0.4) is 0 Å². The maximum absolute atomic E-state index is 9.76. The number of anilines is 2. The van der Waals surface area contributed by atoms with Crippen LogP contribution in [-0.4, -0.2) is 30.9 Å². The Hall–Kier alpha value is -3.63. The van der Waals surface area contributed by atoms with Crippen molar-refractivity contribution in [2.75, 3.05) is 23.7 Å². The summed E-state index contributed by atoms with van der Waals surface area (Å²) in [5, 5.41) is 28.7. The molecule has 0 bridgehead atoms. The summed E-state index contributed by atoms with van der Waals surface area (Å²) in [5.41, 5.74) is 7.90. The summed E-state index contributed by atoms with van der Waals surface area (Å²) in [6.45, 7) is 7.05. The summed E-state index contributed by atoms with van der Waals surface area (Å²) in [4.78, 5) is 4.43. The van der Waals surface area contributed by atoms with Crippen LogP contribution in [0.5, 0.6) is 0 Å². The number of nitriles is 2. The number of nitrogens with zero attached hydrogens (tertiary/aromatic N) is 4. The zero-order valence-electron chi connectivity index (χ0n) is 20.7. The van der Waals surface area contributed by atoms with E-state index in [0.29, 0.717) is 55.7 Å². The third-order valence-corrected chi connectivity index (χ3v) is 6.38. The van der Waals surface area contributed by atoms with E-state index in [4.69, 9.17) is 36.3 Å². The molecule has 4 rings (SSSR count). The maximum atomic E-state index is 9.76. The van der Waals surface area contributed by atoms with E-state index < -0.39 is 5.44 Å². The molecule has 186 valence electrons. The summed E-state index contributed by atoms with van der Waals surface area (Å²) in [6, 6.07) is 15.1. The van der Waals surface area contributed by atoms with Gasteiger partial charge in [0, 0.05) is 35.0 Å². The highest BCUT2D eigenvalue weighted by Gasteiger charge is 2.35. The summed E-state index contributed by atoms with van der Waals surface area (Å²) >= 11 is 13.3. The number of aromatic nitrogens is 1. The number of rotatable bonds is 7. The third-order valence-electron chi connectivity index (χ3n) is 5.77. The zero-order valence-corrected chi connectivity index (χ0v) is 22.2. The Kier molecular flexibility index (Phi) is 7.43. The van der Waals surface area contributed by atoms with Gasteiger partial charge < -0.3 is 16.1 Å². The summed E-state index contributed by atoms with van der Waals surface area (Å²) in [7, 11) is 7.02. The molecular weight excluding hydrogens is 506 g/mol. The molecule has 11 heteroatoms. The second-order valence-corrected chi connectivity index (χ2v) is 10.7. The van der Waals surface area contributed by atoms with E-state index in [1.807, 2.05) is 24.3 Å². The quantitative estimate of drug-likeness (QED) is 0.249. The molecule has 0 saturated carbocycles. The number of hydrazine groups is 2. The Balaban J connectivity index is 1.85. The van der Waals surface area contributed by atoms with Crippen LogP contribution in [-0.2, 0) is 5.44 Å². The number of fused-ring (bicyclic) bond motifs is 1. The van der Waals surface area contributed by atoms with Gasteiger partial charge in [0.05, 0.1) is 39.0 Å². The highest BCUT2D eigenvalue weighted by atomic mass is 35.5. The fourth-order valence-electron chi connectivity index (χ4n) is 3.96. The molecule has 1 aliphatic heterocycles. The van der Waals surface area contributed by atoms with Gasteiger partial charge >= 0.3 is 0 Å². The predicted octanol–water partition coefficient (Wildman–Crippen LogP) is 4.99. The normalized spacial score (nSPS) is 14.8. The fraction of sp³-hybridized carbons (Fsp3) is 0.269. The summed E-state index contributed by atoms with van der Waals surface area (Å²) < 4.78 is 0. The molecule has 1 atom stereocenters. The minimum Gasteiger partial charge on any atom is -0.383 e. The molecule has 3 aromatic rings. The lowest BCUT2D eigenvalue weighted by Gasteiger charge is -2.35. The van der Waals surface area contributed by atoms with Crippen molar-refractivity contribution in [1.82, 2.24) is 21.0 Å². The Labute approximate surface area is 227 Å². The van der Waals surface area contributed by atoms with E-state index in [2.05, 4.69) is 59.5 Å². The largest absolute Gasteiger partial charge is 0.383 e. The molecule has 37 heavy (non-hydrogen) atoms. The van der Waals surface area contributed by atoms with Crippen LogP contribution in [0.4, 0.5) is 11.4 Å². The SMILES string of the molecule is [B]C(Nc1cc(Cl)c2ncc(C#N)c(NCC(C)(C)C)c2c1)(C1=CN(CC#N)NN1)c1ccccc1Cl.